The number of hydrogen-bond donors (Lipinski definition) is 2. The molecule has 1 aromatic carbocycles. The molecule has 2 N–H and O–H groups in total. The van der Waals surface area contributed by atoms with Crippen LogP contribution in [0.5, 0.6) is 0 Å². The minimum absolute atomic E-state index is 0.221. The van der Waals surface area contributed by atoms with E-state index in [1.165, 1.54) is 12.8 Å². The van der Waals surface area contributed by atoms with E-state index in [2.05, 4.69) is 29.8 Å². The largest absolute Gasteiger partial charge is 0.415 e. The molecule has 0 bridgehead atoms. The third-order valence-corrected chi connectivity index (χ3v) is 9.44. The number of piperidine rings is 1. The molecule has 0 amide bonds. The monoisotopic (exact) mass is 571 g/mol. The van der Waals surface area contributed by atoms with Crippen LogP contribution in [0.3, 0.4) is 0 Å². The lowest BCUT2D eigenvalue weighted by Crippen LogP contribution is -2.34. The number of anilines is 3. The first-order chi connectivity index (χ1) is 19.0. The van der Waals surface area contributed by atoms with Crippen LogP contribution in [-0.4, -0.2) is 77.9 Å². The number of benzene rings is 1. The van der Waals surface area contributed by atoms with Gasteiger partial charge in [-0.2, -0.15) is 0 Å². The van der Waals surface area contributed by atoms with Crippen LogP contribution in [0, 0.1) is 12.3 Å². The summed E-state index contributed by atoms with van der Waals surface area (Å²) in [5, 5.41) is 17.7. The number of aliphatic hydroxyl groups excluding tert-OH is 1. The molecule has 1 aliphatic carbocycles. The zero-order chi connectivity index (χ0) is 28.1. The van der Waals surface area contributed by atoms with Crippen LogP contribution in [0.4, 0.5) is 21.7 Å². The van der Waals surface area contributed by atoms with Crippen LogP contribution >= 0.6 is 0 Å². The van der Waals surface area contributed by atoms with Crippen molar-refractivity contribution >= 4 is 27.3 Å². The van der Waals surface area contributed by atoms with E-state index in [9.17, 15) is 12.8 Å². The Balaban J connectivity index is 1.32. The first-order valence-corrected chi connectivity index (χ1v) is 15.3. The Morgan fingerprint density at radius 1 is 1.02 bits per heavy atom. The topological polar surface area (TPSA) is 138 Å². The lowest BCUT2D eigenvalue weighted by atomic mass is 9.93. The molecule has 11 nitrogen and oxygen atoms in total. The van der Waals surface area contributed by atoms with Crippen molar-refractivity contribution in [3.8, 4) is 23.0 Å². The number of aromatic nitrogens is 4. The molecule has 40 heavy (non-hydrogen) atoms. The molecular formula is C27H34FN7O4S. The summed E-state index contributed by atoms with van der Waals surface area (Å²) in [5.74, 6) is 0.555. The van der Waals surface area contributed by atoms with Gasteiger partial charge in [-0.3, -0.25) is 4.72 Å². The highest BCUT2D eigenvalue weighted by Crippen LogP contribution is 2.54. The number of aryl methyl sites for hydroxylation is 1. The van der Waals surface area contributed by atoms with Crippen molar-refractivity contribution in [2.24, 2.45) is 5.41 Å². The van der Waals surface area contributed by atoms with E-state index >= 15 is 0 Å². The third kappa shape index (κ3) is 5.62. The van der Waals surface area contributed by atoms with Crippen molar-refractivity contribution < 1.29 is 22.3 Å². The van der Waals surface area contributed by atoms with Crippen molar-refractivity contribution in [1.82, 2.24) is 20.2 Å². The molecule has 0 radical (unpaired) electrons. The molecule has 3 aliphatic rings. The highest BCUT2D eigenvalue weighted by Gasteiger charge is 2.44. The summed E-state index contributed by atoms with van der Waals surface area (Å²) in [6.45, 7) is 5.40. The standard InChI is InChI=1S/C27H34FN7O4S/c1-18-15-21(30-25(29-18)35-10-7-26(2,28)17-35)24-32-31-23(39-24)20-4-3-19(33-40(37,38)14-13-36)16-22(20)34-11-8-27(5-6-27)9-12-34/h3-4,15-16,33,36H,5-14,17H2,1-2H3/t26-/m1/s1. The zero-order valence-corrected chi connectivity index (χ0v) is 23.5. The van der Waals surface area contributed by atoms with E-state index in [0.717, 1.165) is 31.6 Å². The van der Waals surface area contributed by atoms with E-state index in [-0.39, 0.29) is 24.1 Å². The summed E-state index contributed by atoms with van der Waals surface area (Å²) in [7, 11) is -3.68. The summed E-state index contributed by atoms with van der Waals surface area (Å²) in [4.78, 5) is 13.2. The lowest BCUT2D eigenvalue weighted by molar-refractivity contribution is 0.221. The second-order valence-corrected chi connectivity index (χ2v) is 13.4. The first-order valence-electron chi connectivity index (χ1n) is 13.7. The van der Waals surface area contributed by atoms with Gasteiger partial charge in [0.1, 0.15) is 11.4 Å². The average molecular weight is 572 g/mol. The Morgan fingerprint density at radius 2 is 1.75 bits per heavy atom. The maximum Gasteiger partial charge on any atom is 0.266 e. The molecule has 3 fully saturated rings. The Kier molecular flexibility index (Phi) is 6.68. The fourth-order valence-corrected chi connectivity index (χ4v) is 6.45. The quantitative estimate of drug-likeness (QED) is 0.413. The normalized spacial score (nSPS) is 22.2. The van der Waals surface area contributed by atoms with Gasteiger partial charge in [-0.15, -0.1) is 10.2 Å². The van der Waals surface area contributed by atoms with Crippen LogP contribution < -0.4 is 14.5 Å². The molecule has 0 unspecified atom stereocenters. The van der Waals surface area contributed by atoms with Gasteiger partial charge in [0.15, 0.2) is 0 Å². The molecular weight excluding hydrogens is 537 g/mol. The summed E-state index contributed by atoms with van der Waals surface area (Å²) in [6.07, 6.45) is 5.11. The second kappa shape index (κ2) is 9.95. The lowest BCUT2D eigenvalue weighted by Gasteiger charge is -2.35. The minimum Gasteiger partial charge on any atom is -0.415 e. The fourth-order valence-electron chi connectivity index (χ4n) is 5.62. The number of halogens is 1. The molecule has 6 rings (SSSR count). The zero-order valence-electron chi connectivity index (χ0n) is 22.7. The highest BCUT2D eigenvalue weighted by atomic mass is 32.2. The molecule has 2 saturated heterocycles. The SMILES string of the molecule is Cc1cc(-c2nnc(-c3ccc(NS(=O)(=O)CCO)cc3N3CCC4(CC3)CC4)o2)nc(N2CC[C@@](C)(F)C2)n1. The third-order valence-electron chi connectivity index (χ3n) is 8.18. The Hall–Kier alpha value is -3.32. The molecule has 1 atom stereocenters. The Bertz CT molecular complexity index is 1510. The van der Waals surface area contributed by atoms with Crippen LogP contribution in [0.15, 0.2) is 28.7 Å². The maximum atomic E-state index is 14.5. The number of nitrogens with one attached hydrogen (secondary N) is 1. The Labute approximate surface area is 232 Å². The summed E-state index contributed by atoms with van der Waals surface area (Å²) < 4.78 is 47.8. The highest BCUT2D eigenvalue weighted by molar-refractivity contribution is 7.92. The first kappa shape index (κ1) is 26.9. The molecule has 13 heteroatoms. The Morgan fingerprint density at radius 3 is 2.42 bits per heavy atom. The van der Waals surface area contributed by atoms with Gasteiger partial charge in [-0.05, 0) is 69.2 Å². The van der Waals surface area contributed by atoms with Crippen molar-refractivity contribution in [2.45, 2.75) is 51.6 Å². The number of hydrogen-bond acceptors (Lipinski definition) is 10. The predicted octanol–water partition coefficient (Wildman–Crippen LogP) is 3.55. The average Bonchev–Trinajstić information content (AvgIpc) is 3.30. The molecule has 1 saturated carbocycles. The number of nitrogens with zero attached hydrogens (tertiary/aromatic N) is 6. The van der Waals surface area contributed by atoms with Gasteiger partial charge in [-0.1, -0.05) is 0 Å². The van der Waals surface area contributed by atoms with Gasteiger partial charge < -0.3 is 19.3 Å². The summed E-state index contributed by atoms with van der Waals surface area (Å²) in [6, 6.07) is 6.96. The molecule has 2 aromatic heterocycles. The van der Waals surface area contributed by atoms with Crippen LogP contribution in [-0.2, 0) is 10.0 Å². The van der Waals surface area contributed by atoms with Gasteiger partial charge >= 0.3 is 0 Å². The van der Waals surface area contributed by atoms with E-state index < -0.39 is 22.3 Å². The van der Waals surface area contributed by atoms with Gasteiger partial charge in [0.05, 0.1) is 35.8 Å². The molecule has 1 spiro atoms. The van der Waals surface area contributed by atoms with Gasteiger partial charge in [0, 0.05) is 31.7 Å². The molecule has 2 aliphatic heterocycles. The molecule has 4 heterocycles. The molecule has 214 valence electrons. The summed E-state index contributed by atoms with van der Waals surface area (Å²) in [5.41, 5.74) is 2.23. The van der Waals surface area contributed by atoms with Crippen LogP contribution in [0.25, 0.3) is 23.0 Å². The van der Waals surface area contributed by atoms with Crippen LogP contribution in [0.1, 0.15) is 44.7 Å². The van der Waals surface area contributed by atoms with Crippen LogP contribution in [0.2, 0.25) is 0 Å². The van der Waals surface area contributed by atoms with Gasteiger partial charge in [-0.25, -0.2) is 22.8 Å². The smallest absolute Gasteiger partial charge is 0.266 e. The maximum absolute atomic E-state index is 14.5. The van der Waals surface area contributed by atoms with Crippen molar-refractivity contribution in [2.75, 3.05) is 53.1 Å². The second-order valence-electron chi connectivity index (χ2n) is 11.6. The number of alkyl halides is 1. The molecule has 3 aromatic rings. The van der Waals surface area contributed by atoms with Gasteiger partial charge in [0.25, 0.3) is 5.89 Å². The number of rotatable bonds is 8. The van der Waals surface area contributed by atoms with E-state index in [0.29, 0.717) is 47.0 Å². The van der Waals surface area contributed by atoms with Crippen molar-refractivity contribution in [3.63, 3.8) is 0 Å². The summed E-state index contributed by atoms with van der Waals surface area (Å²) >= 11 is 0. The van der Waals surface area contributed by atoms with Crippen molar-refractivity contribution in [1.29, 1.82) is 0 Å². The van der Waals surface area contributed by atoms with Gasteiger partial charge in [0.2, 0.25) is 21.9 Å². The predicted molar refractivity (Wildman–Crippen MR) is 149 cm³/mol. The van der Waals surface area contributed by atoms with E-state index in [4.69, 9.17) is 9.52 Å². The minimum atomic E-state index is -3.68. The van der Waals surface area contributed by atoms with E-state index in [1.807, 2.05) is 11.8 Å². The van der Waals surface area contributed by atoms with E-state index in [1.54, 1.807) is 31.2 Å². The van der Waals surface area contributed by atoms with Crippen molar-refractivity contribution in [3.05, 3.63) is 30.0 Å². The number of sulfonamides is 1. The fraction of sp³-hybridized carbons (Fsp3) is 0.556. The number of aliphatic hydroxyl groups is 1.